The van der Waals surface area contributed by atoms with E-state index in [2.05, 4.69) is 5.09 Å². The third-order valence-electron chi connectivity index (χ3n) is 6.20. The summed E-state index contributed by atoms with van der Waals surface area (Å²) in [6.07, 6.45) is -3.48. The molecule has 3 aromatic rings. The molecule has 10 nitrogen and oxygen atoms in total. The summed E-state index contributed by atoms with van der Waals surface area (Å²) in [5.41, 5.74) is -1.40. The topological polar surface area (TPSA) is 132 Å². The van der Waals surface area contributed by atoms with Crippen molar-refractivity contribution in [3.63, 3.8) is 0 Å². The van der Waals surface area contributed by atoms with Crippen molar-refractivity contribution in [2.45, 2.75) is 51.1 Å². The number of aromatic amines is 1. The van der Waals surface area contributed by atoms with Crippen molar-refractivity contribution < 1.29 is 27.8 Å². The fraction of sp³-hybridized carbons (Fsp3) is 0.360. The molecule has 3 N–H and O–H groups in total. The van der Waals surface area contributed by atoms with Crippen molar-refractivity contribution in [3.8, 4) is 0 Å². The van der Waals surface area contributed by atoms with Crippen LogP contribution in [0.5, 0.6) is 0 Å². The van der Waals surface area contributed by atoms with Gasteiger partial charge in [0.05, 0.1) is 13.2 Å². The molecule has 5 atom stereocenters. The first kappa shape index (κ1) is 27.1. The molecule has 1 aliphatic heterocycles. The Morgan fingerprint density at radius 2 is 1.84 bits per heavy atom. The van der Waals surface area contributed by atoms with E-state index < -0.39 is 49.7 Å². The van der Waals surface area contributed by atoms with Crippen LogP contribution in [0, 0.1) is 6.92 Å². The van der Waals surface area contributed by atoms with Crippen LogP contribution in [0.4, 0.5) is 4.39 Å². The summed E-state index contributed by atoms with van der Waals surface area (Å²) >= 11 is 0. The van der Waals surface area contributed by atoms with Crippen molar-refractivity contribution in [2.24, 2.45) is 0 Å². The van der Waals surface area contributed by atoms with Crippen LogP contribution >= 0.6 is 7.75 Å². The highest BCUT2D eigenvalue weighted by atomic mass is 31.2. The van der Waals surface area contributed by atoms with Gasteiger partial charge in [0.2, 0.25) is 0 Å². The van der Waals surface area contributed by atoms with Gasteiger partial charge in [-0.3, -0.25) is 23.4 Å². The molecule has 37 heavy (non-hydrogen) atoms. The zero-order valence-electron chi connectivity index (χ0n) is 20.4. The molecule has 1 aromatic heterocycles. The number of halogens is 1. The number of hydrogen-bond donors (Lipinski definition) is 3. The number of alkyl halides is 1. The van der Waals surface area contributed by atoms with Gasteiger partial charge in [0.15, 0.2) is 11.9 Å². The van der Waals surface area contributed by atoms with Gasteiger partial charge in [-0.2, -0.15) is 0 Å². The number of ether oxygens (including phenoxy) is 1. The molecule has 4 rings (SSSR count). The van der Waals surface area contributed by atoms with E-state index in [0.29, 0.717) is 0 Å². The molecule has 0 spiro atoms. The van der Waals surface area contributed by atoms with Gasteiger partial charge in [0.1, 0.15) is 12.2 Å². The van der Waals surface area contributed by atoms with Gasteiger partial charge in [-0.05, 0) is 30.5 Å². The Labute approximate surface area is 212 Å². The van der Waals surface area contributed by atoms with Crippen molar-refractivity contribution in [3.05, 3.63) is 104 Å². The number of hydrogen-bond acceptors (Lipinski definition) is 7. The number of aliphatic hydroxyl groups excluding tert-OH is 1. The molecule has 0 amide bonds. The number of H-pyrrole nitrogens is 1. The number of benzene rings is 2. The Balaban J connectivity index is 1.50. The smallest absolute Gasteiger partial charge is 0.387 e. The van der Waals surface area contributed by atoms with Gasteiger partial charge < -0.3 is 9.84 Å². The zero-order chi connectivity index (χ0) is 26.6. The van der Waals surface area contributed by atoms with Crippen LogP contribution in [0.15, 0.2) is 76.4 Å². The number of aryl methyl sites for hydroxylation is 1. The Kier molecular flexibility index (Phi) is 8.23. The van der Waals surface area contributed by atoms with Crippen molar-refractivity contribution in [1.82, 2.24) is 14.6 Å². The zero-order valence-corrected chi connectivity index (χ0v) is 21.3. The van der Waals surface area contributed by atoms with Crippen LogP contribution in [-0.4, -0.2) is 39.1 Å². The van der Waals surface area contributed by atoms with E-state index in [0.717, 1.165) is 40.4 Å². The molecule has 1 aliphatic rings. The molecule has 12 heteroatoms. The number of rotatable bonds is 10. The lowest BCUT2D eigenvalue weighted by Crippen LogP contribution is -2.43. The van der Waals surface area contributed by atoms with Crippen molar-refractivity contribution in [2.75, 3.05) is 6.61 Å². The average molecular weight is 533 g/mol. The highest BCUT2D eigenvalue weighted by Gasteiger charge is 2.55. The van der Waals surface area contributed by atoms with Crippen LogP contribution in [0.1, 0.15) is 29.8 Å². The van der Waals surface area contributed by atoms with E-state index in [1.807, 2.05) is 66.5 Å². The van der Waals surface area contributed by atoms with Crippen LogP contribution in [0.3, 0.4) is 0 Å². The molecule has 1 saturated heterocycles. The van der Waals surface area contributed by atoms with Gasteiger partial charge >= 0.3 is 13.4 Å². The SMILES string of the molecule is Cc1ccccc1COP(=O)(NCc1ccccc1)OCC1OC(n2ccc(=O)[nH]c2=O)C(C)(F)C1O. The fourth-order valence-electron chi connectivity index (χ4n) is 3.97. The monoisotopic (exact) mass is 533 g/mol. The van der Waals surface area contributed by atoms with Gasteiger partial charge in [0.25, 0.3) is 5.56 Å². The second-order valence-electron chi connectivity index (χ2n) is 8.95. The van der Waals surface area contributed by atoms with E-state index in [1.54, 1.807) is 0 Å². The molecule has 2 aromatic carbocycles. The first-order chi connectivity index (χ1) is 17.6. The number of aromatic nitrogens is 2. The average Bonchev–Trinajstić information content (AvgIpc) is 3.10. The lowest BCUT2D eigenvalue weighted by molar-refractivity contribution is -0.0599. The maximum absolute atomic E-state index is 15.5. The Morgan fingerprint density at radius 3 is 2.54 bits per heavy atom. The Hall–Kier alpha value is -2.92. The van der Waals surface area contributed by atoms with E-state index in [-0.39, 0.29) is 13.2 Å². The molecular formula is C25H29FN3O7P. The van der Waals surface area contributed by atoms with Gasteiger partial charge in [-0.25, -0.2) is 18.8 Å². The Morgan fingerprint density at radius 1 is 1.14 bits per heavy atom. The summed E-state index contributed by atoms with van der Waals surface area (Å²) in [5, 5.41) is 13.4. The van der Waals surface area contributed by atoms with Crippen LogP contribution in [0.25, 0.3) is 0 Å². The number of nitrogens with one attached hydrogen (secondary N) is 2. The Bertz CT molecular complexity index is 1380. The maximum Gasteiger partial charge on any atom is 0.406 e. The van der Waals surface area contributed by atoms with Crippen molar-refractivity contribution in [1.29, 1.82) is 0 Å². The lowest BCUT2D eigenvalue weighted by Gasteiger charge is -2.24. The van der Waals surface area contributed by atoms with E-state index in [4.69, 9.17) is 13.8 Å². The highest BCUT2D eigenvalue weighted by Crippen LogP contribution is 2.47. The molecule has 1 fully saturated rings. The summed E-state index contributed by atoms with van der Waals surface area (Å²) in [5.74, 6) is 0. The van der Waals surface area contributed by atoms with E-state index >= 15 is 4.39 Å². The molecule has 5 unspecified atom stereocenters. The quantitative estimate of drug-likeness (QED) is 0.339. The van der Waals surface area contributed by atoms with Crippen LogP contribution < -0.4 is 16.3 Å². The van der Waals surface area contributed by atoms with E-state index in [1.165, 1.54) is 0 Å². The lowest BCUT2D eigenvalue weighted by atomic mass is 9.98. The van der Waals surface area contributed by atoms with Crippen molar-refractivity contribution >= 4 is 7.75 Å². The predicted octanol–water partition coefficient (Wildman–Crippen LogP) is 2.96. The molecule has 0 saturated carbocycles. The van der Waals surface area contributed by atoms with E-state index in [9.17, 15) is 19.3 Å². The predicted molar refractivity (Wildman–Crippen MR) is 134 cm³/mol. The number of nitrogens with zero attached hydrogens (tertiary/aromatic N) is 1. The van der Waals surface area contributed by atoms with Gasteiger partial charge in [-0.1, -0.05) is 54.6 Å². The minimum absolute atomic E-state index is 0.0178. The van der Waals surface area contributed by atoms with Crippen LogP contribution in [0.2, 0.25) is 0 Å². The fourth-order valence-corrected chi connectivity index (χ4v) is 5.26. The second kappa shape index (κ2) is 11.2. The summed E-state index contributed by atoms with van der Waals surface area (Å²) in [6.45, 7) is 2.61. The maximum atomic E-state index is 15.5. The molecule has 0 bridgehead atoms. The van der Waals surface area contributed by atoms with Gasteiger partial charge in [-0.15, -0.1) is 0 Å². The third kappa shape index (κ3) is 6.32. The minimum atomic E-state index is -3.98. The first-order valence-electron chi connectivity index (χ1n) is 11.7. The largest absolute Gasteiger partial charge is 0.406 e. The second-order valence-corrected chi connectivity index (χ2v) is 10.8. The first-order valence-corrected chi connectivity index (χ1v) is 13.2. The molecule has 0 aliphatic carbocycles. The third-order valence-corrected chi connectivity index (χ3v) is 7.70. The summed E-state index contributed by atoms with van der Waals surface area (Å²) in [7, 11) is -3.98. The molecule has 0 radical (unpaired) electrons. The molecule has 198 valence electrons. The summed E-state index contributed by atoms with van der Waals surface area (Å²) in [4.78, 5) is 25.6. The summed E-state index contributed by atoms with van der Waals surface area (Å²) in [6, 6.07) is 17.7. The van der Waals surface area contributed by atoms with Gasteiger partial charge in [0, 0.05) is 18.8 Å². The summed E-state index contributed by atoms with van der Waals surface area (Å²) < 4.78 is 46.9. The molecular weight excluding hydrogens is 504 g/mol. The molecule has 2 heterocycles. The standard InChI is InChI=1S/C25H29FN3O7P/c1-17-8-6-7-11-19(17)15-34-37(33,27-14-18-9-4-3-5-10-18)35-16-20-22(31)25(2,26)23(36-20)29-13-12-21(30)28-24(29)32/h3-13,20,22-23,31H,14-16H2,1-2H3,(H,27,33)(H,28,30,32). The number of aliphatic hydroxyl groups is 1. The minimum Gasteiger partial charge on any atom is -0.387 e. The highest BCUT2D eigenvalue weighted by molar-refractivity contribution is 7.51. The normalized spacial score (nSPS) is 25.1. The van der Waals surface area contributed by atoms with Crippen LogP contribution in [-0.2, 0) is 31.5 Å².